The molecular formula is C11H16FNO. The number of aryl methyl sites for hydroxylation is 1. The minimum absolute atomic E-state index is 0.00556. The van der Waals surface area contributed by atoms with Gasteiger partial charge in [0, 0.05) is 6.04 Å². The van der Waals surface area contributed by atoms with Crippen LogP contribution in [0.1, 0.15) is 18.1 Å². The molecule has 0 radical (unpaired) electrons. The first-order valence-corrected chi connectivity index (χ1v) is 4.63. The highest BCUT2D eigenvalue weighted by Gasteiger charge is 2.09. The second kappa shape index (κ2) is 4.42. The molecule has 14 heavy (non-hydrogen) atoms. The molecule has 78 valence electrons. The van der Waals surface area contributed by atoms with Crippen LogP contribution in [0.2, 0.25) is 0 Å². The molecule has 3 heteroatoms. The number of halogens is 1. The fourth-order valence-electron chi connectivity index (χ4n) is 1.39. The Labute approximate surface area is 83.9 Å². The highest BCUT2D eigenvalue weighted by molar-refractivity contribution is 5.38. The van der Waals surface area contributed by atoms with Gasteiger partial charge in [0.1, 0.15) is 11.6 Å². The molecule has 0 fully saturated rings. The molecule has 1 aromatic rings. The van der Waals surface area contributed by atoms with Crippen molar-refractivity contribution in [1.82, 2.24) is 0 Å². The zero-order chi connectivity index (χ0) is 10.7. The van der Waals surface area contributed by atoms with Gasteiger partial charge in [-0.2, -0.15) is 0 Å². The molecular weight excluding hydrogens is 181 g/mol. The lowest BCUT2D eigenvalue weighted by atomic mass is 10.0. The summed E-state index contributed by atoms with van der Waals surface area (Å²) < 4.78 is 18.4. The standard InChI is InChI=1S/C11H16FNO/c1-7-4-11(14-3)9(5-8(2)13)6-10(7)12/h4,6,8H,5,13H2,1-3H3/t8-/m1/s1. The average Bonchev–Trinajstić information content (AvgIpc) is 2.10. The van der Waals surface area contributed by atoms with Crippen LogP contribution in [0.15, 0.2) is 12.1 Å². The molecule has 1 rings (SSSR count). The highest BCUT2D eigenvalue weighted by Crippen LogP contribution is 2.23. The van der Waals surface area contributed by atoms with Crippen LogP contribution in [0.4, 0.5) is 4.39 Å². The van der Waals surface area contributed by atoms with Crippen molar-refractivity contribution in [3.05, 3.63) is 29.1 Å². The zero-order valence-corrected chi connectivity index (χ0v) is 8.80. The van der Waals surface area contributed by atoms with Crippen molar-refractivity contribution < 1.29 is 9.13 Å². The molecule has 0 aromatic heterocycles. The maximum absolute atomic E-state index is 13.2. The summed E-state index contributed by atoms with van der Waals surface area (Å²) in [5, 5.41) is 0. The lowest BCUT2D eigenvalue weighted by Crippen LogP contribution is -2.18. The summed E-state index contributed by atoms with van der Waals surface area (Å²) in [6.07, 6.45) is 0.625. The van der Waals surface area contributed by atoms with Crippen molar-refractivity contribution in [3.63, 3.8) is 0 Å². The number of hydrogen-bond donors (Lipinski definition) is 1. The molecule has 0 saturated heterocycles. The van der Waals surface area contributed by atoms with Crippen LogP contribution < -0.4 is 10.5 Å². The van der Waals surface area contributed by atoms with Gasteiger partial charge in [0.25, 0.3) is 0 Å². The third kappa shape index (κ3) is 2.45. The van der Waals surface area contributed by atoms with E-state index in [4.69, 9.17) is 10.5 Å². The third-order valence-electron chi connectivity index (χ3n) is 2.10. The molecule has 0 aliphatic rings. The van der Waals surface area contributed by atoms with Crippen LogP contribution in [0.25, 0.3) is 0 Å². The quantitative estimate of drug-likeness (QED) is 0.804. The molecule has 0 heterocycles. The predicted molar refractivity (Wildman–Crippen MR) is 55.0 cm³/mol. The van der Waals surface area contributed by atoms with E-state index >= 15 is 0 Å². The Morgan fingerprint density at radius 2 is 2.14 bits per heavy atom. The third-order valence-corrected chi connectivity index (χ3v) is 2.10. The van der Waals surface area contributed by atoms with Crippen molar-refractivity contribution in [2.45, 2.75) is 26.3 Å². The summed E-state index contributed by atoms with van der Waals surface area (Å²) in [7, 11) is 1.58. The maximum atomic E-state index is 13.2. The molecule has 0 unspecified atom stereocenters. The Bertz CT molecular complexity index is 323. The SMILES string of the molecule is COc1cc(C)c(F)cc1C[C@@H](C)N. The molecule has 0 aliphatic carbocycles. The van der Waals surface area contributed by atoms with Gasteiger partial charge in [-0.15, -0.1) is 0 Å². The summed E-state index contributed by atoms with van der Waals surface area (Å²) in [6, 6.07) is 3.20. The fourth-order valence-corrected chi connectivity index (χ4v) is 1.39. The van der Waals surface area contributed by atoms with Crippen molar-refractivity contribution in [1.29, 1.82) is 0 Å². The van der Waals surface area contributed by atoms with E-state index in [1.54, 1.807) is 20.1 Å². The molecule has 0 bridgehead atoms. The minimum Gasteiger partial charge on any atom is -0.496 e. The van der Waals surface area contributed by atoms with Gasteiger partial charge < -0.3 is 10.5 Å². The number of nitrogens with two attached hydrogens (primary N) is 1. The Hall–Kier alpha value is -1.09. The van der Waals surface area contributed by atoms with Crippen molar-refractivity contribution in [3.8, 4) is 5.75 Å². The smallest absolute Gasteiger partial charge is 0.126 e. The summed E-state index contributed by atoms with van der Waals surface area (Å²) in [6.45, 7) is 3.60. The molecule has 0 saturated carbocycles. The van der Waals surface area contributed by atoms with Gasteiger partial charge in [0.2, 0.25) is 0 Å². The second-order valence-electron chi connectivity index (χ2n) is 3.59. The Morgan fingerprint density at radius 1 is 1.50 bits per heavy atom. The van der Waals surface area contributed by atoms with E-state index in [0.717, 1.165) is 5.56 Å². The van der Waals surface area contributed by atoms with E-state index in [-0.39, 0.29) is 11.9 Å². The second-order valence-corrected chi connectivity index (χ2v) is 3.59. The molecule has 0 spiro atoms. The van der Waals surface area contributed by atoms with Gasteiger partial charge in [-0.25, -0.2) is 4.39 Å². The van der Waals surface area contributed by atoms with Crippen LogP contribution in [-0.4, -0.2) is 13.2 Å². The Morgan fingerprint density at radius 3 is 2.64 bits per heavy atom. The van der Waals surface area contributed by atoms with Crippen molar-refractivity contribution >= 4 is 0 Å². The largest absolute Gasteiger partial charge is 0.496 e. The lowest BCUT2D eigenvalue weighted by molar-refractivity contribution is 0.406. The first kappa shape index (κ1) is 11.0. The van der Waals surface area contributed by atoms with E-state index in [0.29, 0.717) is 17.7 Å². The van der Waals surface area contributed by atoms with Gasteiger partial charge in [-0.1, -0.05) is 0 Å². The van der Waals surface area contributed by atoms with Gasteiger partial charge in [0.05, 0.1) is 7.11 Å². The van der Waals surface area contributed by atoms with Crippen LogP contribution in [0.3, 0.4) is 0 Å². The predicted octanol–water partition coefficient (Wildman–Crippen LogP) is 2.03. The monoisotopic (exact) mass is 197 g/mol. The summed E-state index contributed by atoms with van der Waals surface area (Å²) in [4.78, 5) is 0. The highest BCUT2D eigenvalue weighted by atomic mass is 19.1. The van der Waals surface area contributed by atoms with E-state index in [9.17, 15) is 4.39 Å². The van der Waals surface area contributed by atoms with Gasteiger partial charge in [0.15, 0.2) is 0 Å². The fraction of sp³-hybridized carbons (Fsp3) is 0.455. The van der Waals surface area contributed by atoms with Crippen molar-refractivity contribution in [2.75, 3.05) is 7.11 Å². The lowest BCUT2D eigenvalue weighted by Gasteiger charge is -2.12. The summed E-state index contributed by atoms with van der Waals surface area (Å²) in [5.41, 5.74) is 7.08. The molecule has 2 N–H and O–H groups in total. The van der Waals surface area contributed by atoms with E-state index in [1.807, 2.05) is 6.92 Å². The molecule has 1 atom stereocenters. The Kier molecular flexibility index (Phi) is 3.47. The average molecular weight is 197 g/mol. The normalized spacial score (nSPS) is 12.6. The molecule has 0 amide bonds. The first-order chi connectivity index (χ1) is 6.54. The van der Waals surface area contributed by atoms with Crippen LogP contribution in [-0.2, 0) is 6.42 Å². The number of rotatable bonds is 3. The van der Waals surface area contributed by atoms with Gasteiger partial charge in [-0.3, -0.25) is 0 Å². The topological polar surface area (TPSA) is 35.2 Å². The number of benzene rings is 1. The van der Waals surface area contributed by atoms with Gasteiger partial charge in [-0.05, 0) is 43.5 Å². The van der Waals surface area contributed by atoms with Gasteiger partial charge >= 0.3 is 0 Å². The van der Waals surface area contributed by atoms with Crippen LogP contribution in [0.5, 0.6) is 5.75 Å². The first-order valence-electron chi connectivity index (χ1n) is 4.63. The summed E-state index contributed by atoms with van der Waals surface area (Å²) >= 11 is 0. The molecule has 2 nitrogen and oxygen atoms in total. The zero-order valence-electron chi connectivity index (χ0n) is 8.80. The van der Waals surface area contributed by atoms with Crippen LogP contribution in [0, 0.1) is 12.7 Å². The number of methoxy groups -OCH3 is 1. The van der Waals surface area contributed by atoms with Crippen LogP contribution >= 0.6 is 0 Å². The number of hydrogen-bond acceptors (Lipinski definition) is 2. The summed E-state index contributed by atoms with van der Waals surface area (Å²) in [5.74, 6) is 0.502. The van der Waals surface area contributed by atoms with Crippen molar-refractivity contribution in [2.24, 2.45) is 5.73 Å². The van der Waals surface area contributed by atoms with E-state index in [1.165, 1.54) is 6.07 Å². The Balaban J connectivity index is 3.07. The van der Waals surface area contributed by atoms with E-state index in [2.05, 4.69) is 0 Å². The maximum Gasteiger partial charge on any atom is 0.126 e. The molecule has 1 aromatic carbocycles. The number of ether oxygens (including phenoxy) is 1. The molecule has 0 aliphatic heterocycles. The van der Waals surface area contributed by atoms with E-state index < -0.39 is 0 Å². The minimum atomic E-state index is -0.207.